The number of rotatable bonds is 6. The fourth-order valence-corrected chi connectivity index (χ4v) is 2.24. The zero-order chi connectivity index (χ0) is 16.7. The summed E-state index contributed by atoms with van der Waals surface area (Å²) in [4.78, 5) is 6.31. The standard InChI is InChI=1S/C17H22N4OS/c1-13-4-7-15(8-5-13)21(2)11-10-18-17(23)20-14-6-9-16(22-3)19-12-14/h4-9,12H,10-11H2,1-3H3,(H2,18,20,23). The van der Waals surface area contributed by atoms with Crippen molar-refractivity contribution in [2.45, 2.75) is 6.92 Å². The molecule has 0 bridgehead atoms. The number of hydrogen-bond acceptors (Lipinski definition) is 4. The summed E-state index contributed by atoms with van der Waals surface area (Å²) in [6.45, 7) is 3.69. The maximum atomic E-state index is 5.28. The highest BCUT2D eigenvalue weighted by Gasteiger charge is 2.02. The van der Waals surface area contributed by atoms with Crippen LogP contribution in [0.1, 0.15) is 5.56 Å². The summed E-state index contributed by atoms with van der Waals surface area (Å²) in [5.41, 5.74) is 3.28. The molecule has 0 unspecified atom stereocenters. The number of ether oxygens (including phenoxy) is 1. The lowest BCUT2D eigenvalue weighted by Gasteiger charge is -2.20. The van der Waals surface area contributed by atoms with Gasteiger partial charge in [-0.1, -0.05) is 17.7 Å². The largest absolute Gasteiger partial charge is 0.481 e. The Balaban J connectivity index is 1.74. The van der Waals surface area contributed by atoms with Crippen LogP contribution in [0.25, 0.3) is 0 Å². The van der Waals surface area contributed by atoms with Gasteiger partial charge in [-0.15, -0.1) is 0 Å². The highest BCUT2D eigenvalue weighted by Crippen LogP contribution is 2.13. The highest BCUT2D eigenvalue weighted by atomic mass is 32.1. The van der Waals surface area contributed by atoms with Crippen molar-refractivity contribution >= 4 is 28.7 Å². The van der Waals surface area contributed by atoms with Gasteiger partial charge in [-0.05, 0) is 37.3 Å². The second-order valence-corrected chi connectivity index (χ2v) is 5.64. The number of aryl methyl sites for hydroxylation is 1. The van der Waals surface area contributed by atoms with Crippen molar-refractivity contribution in [1.29, 1.82) is 0 Å². The molecule has 6 heteroatoms. The molecular formula is C17H22N4OS. The third kappa shape index (κ3) is 5.41. The number of benzene rings is 1. The van der Waals surface area contributed by atoms with Crippen LogP contribution in [-0.2, 0) is 0 Å². The Labute approximate surface area is 142 Å². The van der Waals surface area contributed by atoms with Crippen LogP contribution in [-0.4, -0.2) is 37.3 Å². The van der Waals surface area contributed by atoms with Gasteiger partial charge in [-0.25, -0.2) is 4.98 Å². The van der Waals surface area contributed by atoms with Crippen molar-refractivity contribution in [2.75, 3.05) is 37.5 Å². The van der Waals surface area contributed by atoms with Gasteiger partial charge in [-0.3, -0.25) is 0 Å². The van der Waals surface area contributed by atoms with Crippen molar-refractivity contribution < 1.29 is 4.74 Å². The summed E-state index contributed by atoms with van der Waals surface area (Å²) in [7, 11) is 3.66. The molecule has 23 heavy (non-hydrogen) atoms. The topological polar surface area (TPSA) is 49.4 Å². The van der Waals surface area contributed by atoms with Gasteiger partial charge in [0, 0.05) is 31.9 Å². The molecular weight excluding hydrogens is 308 g/mol. The van der Waals surface area contributed by atoms with Crippen LogP contribution in [0.2, 0.25) is 0 Å². The third-order valence-corrected chi connectivity index (χ3v) is 3.66. The van der Waals surface area contributed by atoms with Crippen molar-refractivity contribution in [1.82, 2.24) is 10.3 Å². The van der Waals surface area contributed by atoms with Crippen LogP contribution >= 0.6 is 12.2 Å². The van der Waals surface area contributed by atoms with Crippen LogP contribution in [0.15, 0.2) is 42.6 Å². The van der Waals surface area contributed by atoms with E-state index in [2.05, 4.69) is 58.8 Å². The highest BCUT2D eigenvalue weighted by molar-refractivity contribution is 7.80. The van der Waals surface area contributed by atoms with E-state index < -0.39 is 0 Å². The second kappa shape index (κ2) is 8.33. The zero-order valence-corrected chi connectivity index (χ0v) is 14.5. The summed E-state index contributed by atoms with van der Waals surface area (Å²) in [5.74, 6) is 0.578. The number of nitrogens with one attached hydrogen (secondary N) is 2. The smallest absolute Gasteiger partial charge is 0.213 e. The molecule has 1 heterocycles. The Kier molecular flexibility index (Phi) is 6.17. The first-order valence-electron chi connectivity index (χ1n) is 7.41. The van der Waals surface area contributed by atoms with Gasteiger partial charge < -0.3 is 20.3 Å². The fraction of sp³-hybridized carbons (Fsp3) is 0.294. The first-order valence-corrected chi connectivity index (χ1v) is 7.82. The Morgan fingerprint density at radius 2 is 1.96 bits per heavy atom. The van der Waals surface area contributed by atoms with Gasteiger partial charge in [-0.2, -0.15) is 0 Å². The minimum absolute atomic E-state index is 0.578. The van der Waals surface area contributed by atoms with Crippen LogP contribution in [0.5, 0.6) is 5.88 Å². The van der Waals surface area contributed by atoms with Gasteiger partial charge in [0.05, 0.1) is 19.0 Å². The van der Waals surface area contributed by atoms with Gasteiger partial charge >= 0.3 is 0 Å². The Bertz CT molecular complexity index is 628. The molecule has 2 rings (SSSR count). The number of thiocarbonyl (C=S) groups is 1. The molecule has 0 atom stereocenters. The van der Waals surface area contributed by atoms with E-state index in [0.29, 0.717) is 11.0 Å². The number of aromatic nitrogens is 1. The molecule has 0 saturated carbocycles. The molecule has 2 N–H and O–H groups in total. The van der Waals surface area contributed by atoms with Gasteiger partial charge in [0.1, 0.15) is 0 Å². The van der Waals surface area contributed by atoms with Gasteiger partial charge in [0.25, 0.3) is 0 Å². The van der Waals surface area contributed by atoms with Crippen LogP contribution in [0, 0.1) is 6.92 Å². The number of nitrogens with zero attached hydrogens (tertiary/aromatic N) is 2. The third-order valence-electron chi connectivity index (χ3n) is 3.41. The van der Waals surface area contributed by atoms with E-state index in [1.807, 2.05) is 6.07 Å². The zero-order valence-electron chi connectivity index (χ0n) is 13.7. The first-order chi connectivity index (χ1) is 11.1. The molecule has 1 aromatic heterocycles. The molecule has 0 aliphatic heterocycles. The van der Waals surface area contributed by atoms with E-state index in [4.69, 9.17) is 17.0 Å². The number of pyridine rings is 1. The Morgan fingerprint density at radius 1 is 1.22 bits per heavy atom. The number of methoxy groups -OCH3 is 1. The quantitative estimate of drug-likeness (QED) is 0.795. The molecule has 0 aliphatic carbocycles. The summed E-state index contributed by atoms with van der Waals surface area (Å²) < 4.78 is 5.02. The maximum Gasteiger partial charge on any atom is 0.213 e. The summed E-state index contributed by atoms with van der Waals surface area (Å²) >= 11 is 5.28. The monoisotopic (exact) mass is 330 g/mol. The normalized spacial score (nSPS) is 10.0. The van der Waals surface area contributed by atoms with E-state index in [-0.39, 0.29) is 0 Å². The number of hydrogen-bond donors (Lipinski definition) is 2. The number of likely N-dealkylation sites (N-methyl/N-ethyl adjacent to an activating group) is 1. The SMILES string of the molecule is COc1ccc(NC(=S)NCCN(C)c2ccc(C)cc2)cn1. The van der Waals surface area contributed by atoms with Crippen molar-refractivity contribution in [2.24, 2.45) is 0 Å². The van der Waals surface area contributed by atoms with Crippen molar-refractivity contribution in [3.8, 4) is 5.88 Å². The lowest BCUT2D eigenvalue weighted by molar-refractivity contribution is 0.398. The summed E-state index contributed by atoms with van der Waals surface area (Å²) in [6, 6.07) is 12.1. The van der Waals surface area contributed by atoms with Crippen LogP contribution in [0.3, 0.4) is 0 Å². The lowest BCUT2D eigenvalue weighted by Crippen LogP contribution is -2.35. The van der Waals surface area contributed by atoms with E-state index in [9.17, 15) is 0 Å². The van der Waals surface area contributed by atoms with Crippen LogP contribution in [0.4, 0.5) is 11.4 Å². The fourth-order valence-electron chi connectivity index (χ4n) is 2.02. The first kappa shape index (κ1) is 17.0. The van der Waals surface area contributed by atoms with Crippen molar-refractivity contribution in [3.63, 3.8) is 0 Å². The predicted molar refractivity (Wildman–Crippen MR) is 99.5 cm³/mol. The predicted octanol–water partition coefficient (Wildman–Crippen LogP) is 2.82. The molecule has 0 radical (unpaired) electrons. The lowest BCUT2D eigenvalue weighted by atomic mass is 10.2. The second-order valence-electron chi connectivity index (χ2n) is 5.23. The van der Waals surface area contributed by atoms with E-state index in [1.54, 1.807) is 19.4 Å². The van der Waals surface area contributed by atoms with E-state index in [1.165, 1.54) is 11.3 Å². The summed E-state index contributed by atoms with van der Waals surface area (Å²) in [5, 5.41) is 6.87. The number of anilines is 2. The van der Waals surface area contributed by atoms with E-state index in [0.717, 1.165) is 18.8 Å². The van der Waals surface area contributed by atoms with Crippen LogP contribution < -0.4 is 20.3 Å². The molecule has 122 valence electrons. The average molecular weight is 330 g/mol. The van der Waals surface area contributed by atoms with E-state index >= 15 is 0 Å². The molecule has 2 aromatic rings. The molecule has 5 nitrogen and oxygen atoms in total. The van der Waals surface area contributed by atoms with Gasteiger partial charge in [0.2, 0.25) is 5.88 Å². The molecule has 0 saturated heterocycles. The van der Waals surface area contributed by atoms with Crippen molar-refractivity contribution in [3.05, 3.63) is 48.2 Å². The van der Waals surface area contributed by atoms with Gasteiger partial charge in [0.15, 0.2) is 5.11 Å². The minimum atomic E-state index is 0.578. The summed E-state index contributed by atoms with van der Waals surface area (Å²) in [6.07, 6.45) is 1.69. The minimum Gasteiger partial charge on any atom is -0.481 e. The molecule has 0 spiro atoms. The Morgan fingerprint density at radius 3 is 2.57 bits per heavy atom. The maximum absolute atomic E-state index is 5.28. The Hall–Kier alpha value is -2.34. The molecule has 0 fully saturated rings. The molecule has 1 aromatic carbocycles. The molecule has 0 aliphatic rings. The average Bonchev–Trinajstić information content (AvgIpc) is 2.56. The molecule has 0 amide bonds.